The molecule has 106 valence electrons. The highest BCUT2D eigenvalue weighted by molar-refractivity contribution is 5.38. The fourth-order valence-electron chi connectivity index (χ4n) is 2.70. The van der Waals surface area contributed by atoms with Crippen molar-refractivity contribution in [3.63, 3.8) is 0 Å². The molecular formula is C16H25NO2. The Morgan fingerprint density at radius 1 is 1.37 bits per heavy atom. The second-order valence-corrected chi connectivity index (χ2v) is 5.25. The van der Waals surface area contributed by atoms with E-state index < -0.39 is 0 Å². The second kappa shape index (κ2) is 7.51. The zero-order chi connectivity index (χ0) is 13.5. The first kappa shape index (κ1) is 14.4. The summed E-state index contributed by atoms with van der Waals surface area (Å²) in [5, 5.41) is 13.2. The summed E-state index contributed by atoms with van der Waals surface area (Å²) in [6.45, 7) is 4.80. The molecule has 1 unspecified atom stereocenters. The molecule has 0 heterocycles. The normalized spacial score (nSPS) is 18.3. The lowest BCUT2D eigenvalue weighted by Gasteiger charge is -2.26. The summed E-state index contributed by atoms with van der Waals surface area (Å²) < 4.78 is 5.48. The minimum absolute atomic E-state index is 0.374. The standard InChI is InChI=1S/C16H25NO2/c1-2-10-19-11-4-9-17-16-6-3-5-13-7-8-14(18)12-15(13)16/h7-8,12,16-18H,2-6,9-11H2,1H3. The van der Waals surface area contributed by atoms with Crippen molar-refractivity contribution in [2.45, 2.75) is 45.1 Å². The van der Waals surface area contributed by atoms with Crippen LogP contribution in [0.5, 0.6) is 5.75 Å². The van der Waals surface area contributed by atoms with Gasteiger partial charge in [-0.1, -0.05) is 13.0 Å². The van der Waals surface area contributed by atoms with Crippen LogP contribution in [0.25, 0.3) is 0 Å². The van der Waals surface area contributed by atoms with Gasteiger partial charge in [-0.2, -0.15) is 0 Å². The van der Waals surface area contributed by atoms with E-state index in [-0.39, 0.29) is 0 Å². The predicted octanol–water partition coefficient (Wildman–Crippen LogP) is 3.18. The fourth-order valence-corrected chi connectivity index (χ4v) is 2.70. The van der Waals surface area contributed by atoms with E-state index in [0.717, 1.165) is 45.4 Å². The van der Waals surface area contributed by atoms with E-state index in [1.807, 2.05) is 6.07 Å². The number of rotatable bonds is 7. The lowest BCUT2D eigenvalue weighted by Crippen LogP contribution is -2.26. The summed E-state index contributed by atoms with van der Waals surface area (Å²) >= 11 is 0. The van der Waals surface area contributed by atoms with E-state index in [1.165, 1.54) is 17.5 Å². The first-order valence-electron chi connectivity index (χ1n) is 7.44. The Kier molecular flexibility index (Phi) is 5.67. The molecule has 0 spiro atoms. The van der Waals surface area contributed by atoms with Crippen molar-refractivity contribution in [1.82, 2.24) is 5.32 Å². The van der Waals surface area contributed by atoms with E-state index in [1.54, 1.807) is 6.07 Å². The molecule has 0 aromatic heterocycles. The van der Waals surface area contributed by atoms with Crippen LogP contribution in [-0.4, -0.2) is 24.9 Å². The molecule has 19 heavy (non-hydrogen) atoms. The van der Waals surface area contributed by atoms with Crippen molar-refractivity contribution >= 4 is 0 Å². The Labute approximate surface area is 116 Å². The first-order chi connectivity index (χ1) is 9.31. The van der Waals surface area contributed by atoms with Gasteiger partial charge < -0.3 is 15.2 Å². The van der Waals surface area contributed by atoms with Gasteiger partial charge in [-0.25, -0.2) is 0 Å². The van der Waals surface area contributed by atoms with Crippen LogP contribution in [0.1, 0.15) is 49.8 Å². The van der Waals surface area contributed by atoms with Gasteiger partial charge in [0.15, 0.2) is 0 Å². The van der Waals surface area contributed by atoms with Crippen molar-refractivity contribution in [3.05, 3.63) is 29.3 Å². The predicted molar refractivity (Wildman–Crippen MR) is 77.5 cm³/mol. The maximum atomic E-state index is 9.63. The molecule has 3 nitrogen and oxygen atoms in total. The van der Waals surface area contributed by atoms with Crippen molar-refractivity contribution in [1.29, 1.82) is 0 Å². The molecule has 0 saturated heterocycles. The van der Waals surface area contributed by atoms with Crippen LogP contribution in [0.4, 0.5) is 0 Å². The zero-order valence-corrected chi connectivity index (χ0v) is 11.8. The average Bonchev–Trinajstić information content (AvgIpc) is 2.43. The summed E-state index contributed by atoms with van der Waals surface area (Å²) in [7, 11) is 0. The number of phenolic OH excluding ortho intramolecular Hbond substituents is 1. The molecule has 3 heteroatoms. The number of benzene rings is 1. The van der Waals surface area contributed by atoms with Gasteiger partial charge in [0.25, 0.3) is 0 Å². The SMILES string of the molecule is CCCOCCCNC1CCCc2ccc(O)cc21. The van der Waals surface area contributed by atoms with Crippen LogP contribution in [0.2, 0.25) is 0 Å². The van der Waals surface area contributed by atoms with Gasteiger partial charge in [0.2, 0.25) is 0 Å². The van der Waals surface area contributed by atoms with E-state index in [2.05, 4.69) is 18.3 Å². The van der Waals surface area contributed by atoms with E-state index in [0.29, 0.717) is 11.8 Å². The van der Waals surface area contributed by atoms with Crippen LogP contribution >= 0.6 is 0 Å². The van der Waals surface area contributed by atoms with Gasteiger partial charge in [-0.05, 0) is 61.9 Å². The van der Waals surface area contributed by atoms with E-state index in [9.17, 15) is 5.11 Å². The Balaban J connectivity index is 1.80. The highest BCUT2D eigenvalue weighted by atomic mass is 16.5. The van der Waals surface area contributed by atoms with Crippen molar-refractivity contribution in [3.8, 4) is 5.75 Å². The van der Waals surface area contributed by atoms with Gasteiger partial charge in [0.1, 0.15) is 5.75 Å². The molecule has 1 aromatic carbocycles. The molecule has 2 N–H and O–H groups in total. The number of ether oxygens (including phenoxy) is 1. The van der Waals surface area contributed by atoms with E-state index in [4.69, 9.17) is 4.74 Å². The highest BCUT2D eigenvalue weighted by Gasteiger charge is 2.19. The first-order valence-corrected chi connectivity index (χ1v) is 7.44. The maximum Gasteiger partial charge on any atom is 0.115 e. The molecule has 0 saturated carbocycles. The molecule has 1 aromatic rings. The Bertz CT molecular complexity index is 392. The summed E-state index contributed by atoms with van der Waals surface area (Å²) in [5.41, 5.74) is 2.66. The summed E-state index contributed by atoms with van der Waals surface area (Å²) in [6.07, 6.45) is 5.65. The van der Waals surface area contributed by atoms with Crippen LogP contribution in [0.15, 0.2) is 18.2 Å². The summed E-state index contributed by atoms with van der Waals surface area (Å²) in [6, 6.07) is 6.16. The van der Waals surface area contributed by atoms with Gasteiger partial charge in [-0.15, -0.1) is 0 Å². The third-order valence-corrected chi connectivity index (χ3v) is 3.65. The monoisotopic (exact) mass is 263 g/mol. The maximum absolute atomic E-state index is 9.63. The summed E-state index contributed by atoms with van der Waals surface area (Å²) in [4.78, 5) is 0. The lowest BCUT2D eigenvalue weighted by molar-refractivity contribution is 0.131. The Hall–Kier alpha value is -1.06. The van der Waals surface area contributed by atoms with Crippen molar-refractivity contribution < 1.29 is 9.84 Å². The minimum Gasteiger partial charge on any atom is -0.508 e. The number of nitrogens with one attached hydrogen (secondary N) is 1. The fraction of sp³-hybridized carbons (Fsp3) is 0.625. The van der Waals surface area contributed by atoms with Crippen LogP contribution in [0, 0.1) is 0 Å². The molecule has 1 aliphatic rings. The number of hydrogen-bond donors (Lipinski definition) is 2. The highest BCUT2D eigenvalue weighted by Crippen LogP contribution is 2.31. The minimum atomic E-state index is 0.374. The van der Waals surface area contributed by atoms with Crippen LogP contribution < -0.4 is 5.32 Å². The van der Waals surface area contributed by atoms with Crippen LogP contribution in [0.3, 0.4) is 0 Å². The third-order valence-electron chi connectivity index (χ3n) is 3.65. The van der Waals surface area contributed by atoms with E-state index >= 15 is 0 Å². The molecule has 2 rings (SSSR count). The molecule has 1 atom stereocenters. The molecule has 0 fully saturated rings. The second-order valence-electron chi connectivity index (χ2n) is 5.25. The van der Waals surface area contributed by atoms with Crippen LogP contribution in [-0.2, 0) is 11.2 Å². The van der Waals surface area contributed by atoms with Crippen molar-refractivity contribution in [2.24, 2.45) is 0 Å². The number of aryl methyl sites for hydroxylation is 1. The smallest absolute Gasteiger partial charge is 0.115 e. The molecule has 0 amide bonds. The largest absolute Gasteiger partial charge is 0.508 e. The van der Waals surface area contributed by atoms with Crippen molar-refractivity contribution in [2.75, 3.05) is 19.8 Å². The van der Waals surface area contributed by atoms with Gasteiger partial charge >= 0.3 is 0 Å². The number of hydrogen-bond acceptors (Lipinski definition) is 3. The molecule has 0 aliphatic heterocycles. The Morgan fingerprint density at radius 3 is 3.11 bits per heavy atom. The van der Waals surface area contributed by atoms with Gasteiger partial charge in [-0.3, -0.25) is 0 Å². The third kappa shape index (κ3) is 4.22. The number of phenols is 1. The molecule has 1 aliphatic carbocycles. The quantitative estimate of drug-likeness (QED) is 0.742. The average molecular weight is 263 g/mol. The Morgan fingerprint density at radius 2 is 2.26 bits per heavy atom. The summed E-state index contributed by atoms with van der Waals surface area (Å²) in [5.74, 6) is 0.374. The topological polar surface area (TPSA) is 41.5 Å². The molecular weight excluding hydrogens is 238 g/mol. The van der Waals surface area contributed by atoms with Gasteiger partial charge in [0, 0.05) is 19.3 Å². The molecule has 0 radical (unpaired) electrons. The number of fused-ring (bicyclic) bond motifs is 1. The van der Waals surface area contributed by atoms with Gasteiger partial charge in [0.05, 0.1) is 0 Å². The lowest BCUT2D eigenvalue weighted by atomic mass is 9.87. The molecule has 0 bridgehead atoms. The zero-order valence-electron chi connectivity index (χ0n) is 11.8. The number of aromatic hydroxyl groups is 1.